The van der Waals surface area contributed by atoms with Gasteiger partial charge in [-0.15, -0.1) is 0 Å². The number of ether oxygens (including phenoxy) is 1. The second kappa shape index (κ2) is 4.68. The highest BCUT2D eigenvalue weighted by Gasteiger charge is 2.20. The van der Waals surface area contributed by atoms with E-state index in [0.717, 1.165) is 0 Å². The molecule has 2 heterocycles. The molecule has 0 spiro atoms. The third kappa shape index (κ3) is 2.37. The molecule has 1 aliphatic heterocycles. The highest BCUT2D eigenvalue weighted by atomic mass is 16.5. The maximum absolute atomic E-state index is 11.6. The van der Waals surface area contributed by atoms with Crippen molar-refractivity contribution in [3.05, 3.63) is 44.8 Å². The number of rotatable bonds is 2. The van der Waals surface area contributed by atoms with Gasteiger partial charge in [-0.25, -0.2) is 4.79 Å². The molecular formula is C11H14N2O4. The standard InChI is InChI=1S/C11H14N2O4/c1-7-5-13(11(16)12-10(7)15)9-4-2-3-8(6-14)17-9/h2-3,5,8-9,14H,4,6H2,1H3,(H,12,15,16). The third-order valence-electron chi connectivity index (χ3n) is 2.66. The summed E-state index contributed by atoms with van der Waals surface area (Å²) in [4.78, 5) is 25.1. The largest absolute Gasteiger partial charge is 0.393 e. The molecule has 6 heteroatoms. The normalized spacial score (nSPS) is 23.9. The summed E-state index contributed by atoms with van der Waals surface area (Å²) in [5.74, 6) is 0. The summed E-state index contributed by atoms with van der Waals surface area (Å²) in [6.45, 7) is 1.49. The van der Waals surface area contributed by atoms with E-state index in [4.69, 9.17) is 9.84 Å². The van der Waals surface area contributed by atoms with Gasteiger partial charge in [-0.1, -0.05) is 12.2 Å². The van der Waals surface area contributed by atoms with E-state index in [-0.39, 0.29) is 6.61 Å². The number of aryl methyl sites for hydroxylation is 1. The molecule has 2 atom stereocenters. The molecule has 0 bridgehead atoms. The van der Waals surface area contributed by atoms with Crippen LogP contribution < -0.4 is 11.2 Å². The molecule has 1 aromatic rings. The first-order valence-corrected chi connectivity index (χ1v) is 5.37. The van der Waals surface area contributed by atoms with Crippen LogP contribution in [0, 0.1) is 6.92 Å². The van der Waals surface area contributed by atoms with E-state index in [2.05, 4.69) is 4.98 Å². The Morgan fingerprint density at radius 3 is 3.06 bits per heavy atom. The smallest absolute Gasteiger partial charge is 0.330 e. The fraction of sp³-hybridized carbons (Fsp3) is 0.455. The van der Waals surface area contributed by atoms with E-state index in [0.29, 0.717) is 12.0 Å². The summed E-state index contributed by atoms with van der Waals surface area (Å²) in [6, 6.07) is 0. The highest BCUT2D eigenvalue weighted by molar-refractivity contribution is 5.03. The van der Waals surface area contributed by atoms with Gasteiger partial charge in [-0.3, -0.25) is 14.3 Å². The van der Waals surface area contributed by atoms with Crippen molar-refractivity contribution in [2.45, 2.75) is 25.7 Å². The minimum absolute atomic E-state index is 0.135. The molecule has 0 saturated carbocycles. The summed E-state index contributed by atoms with van der Waals surface area (Å²) in [7, 11) is 0. The molecule has 2 rings (SSSR count). The average Bonchev–Trinajstić information content (AvgIpc) is 2.34. The van der Waals surface area contributed by atoms with Crippen LogP contribution in [0.4, 0.5) is 0 Å². The van der Waals surface area contributed by atoms with Crippen molar-refractivity contribution in [2.75, 3.05) is 6.61 Å². The first-order valence-electron chi connectivity index (χ1n) is 5.37. The maximum atomic E-state index is 11.6. The number of hydrogen-bond acceptors (Lipinski definition) is 4. The van der Waals surface area contributed by atoms with Crippen molar-refractivity contribution in [3.8, 4) is 0 Å². The minimum atomic E-state index is -0.502. The summed E-state index contributed by atoms with van der Waals surface area (Å²) < 4.78 is 6.84. The fourth-order valence-corrected chi connectivity index (χ4v) is 1.73. The zero-order valence-corrected chi connectivity index (χ0v) is 9.42. The van der Waals surface area contributed by atoms with Crippen LogP contribution in [0.3, 0.4) is 0 Å². The van der Waals surface area contributed by atoms with Gasteiger partial charge in [-0.2, -0.15) is 0 Å². The Hall–Kier alpha value is -1.66. The minimum Gasteiger partial charge on any atom is -0.393 e. The molecule has 2 unspecified atom stereocenters. The molecule has 1 aromatic heterocycles. The SMILES string of the molecule is Cc1cn(C2CC=CC(CO)O2)c(=O)[nH]c1=O. The predicted molar refractivity (Wildman–Crippen MR) is 60.8 cm³/mol. The van der Waals surface area contributed by atoms with E-state index < -0.39 is 23.6 Å². The van der Waals surface area contributed by atoms with Crippen LogP contribution in [0.2, 0.25) is 0 Å². The Morgan fingerprint density at radius 1 is 1.59 bits per heavy atom. The number of nitrogens with zero attached hydrogens (tertiary/aromatic N) is 1. The lowest BCUT2D eigenvalue weighted by atomic mass is 10.2. The van der Waals surface area contributed by atoms with Crippen molar-refractivity contribution in [1.82, 2.24) is 9.55 Å². The first kappa shape index (κ1) is 11.8. The van der Waals surface area contributed by atoms with Gasteiger partial charge in [-0.05, 0) is 6.92 Å². The van der Waals surface area contributed by atoms with E-state index in [1.807, 2.05) is 6.08 Å². The molecule has 0 amide bonds. The van der Waals surface area contributed by atoms with Crippen molar-refractivity contribution in [3.63, 3.8) is 0 Å². The highest BCUT2D eigenvalue weighted by Crippen LogP contribution is 2.19. The zero-order valence-electron chi connectivity index (χ0n) is 9.42. The van der Waals surface area contributed by atoms with Crippen LogP contribution in [0.25, 0.3) is 0 Å². The van der Waals surface area contributed by atoms with Gasteiger partial charge in [0.25, 0.3) is 5.56 Å². The van der Waals surface area contributed by atoms with Crippen LogP contribution in [0.15, 0.2) is 27.9 Å². The lowest BCUT2D eigenvalue weighted by Crippen LogP contribution is -2.36. The zero-order chi connectivity index (χ0) is 12.4. The van der Waals surface area contributed by atoms with Crippen molar-refractivity contribution in [1.29, 1.82) is 0 Å². The number of hydrogen-bond donors (Lipinski definition) is 2. The van der Waals surface area contributed by atoms with Gasteiger partial charge < -0.3 is 9.84 Å². The average molecular weight is 238 g/mol. The van der Waals surface area contributed by atoms with Crippen molar-refractivity contribution in [2.24, 2.45) is 0 Å². The first-order chi connectivity index (χ1) is 8.11. The molecule has 17 heavy (non-hydrogen) atoms. The Bertz CT molecular complexity index is 543. The lowest BCUT2D eigenvalue weighted by Gasteiger charge is -2.26. The summed E-state index contributed by atoms with van der Waals surface area (Å²) in [5, 5.41) is 9.00. The molecule has 92 valence electrons. The number of H-pyrrole nitrogens is 1. The number of aromatic nitrogens is 2. The third-order valence-corrected chi connectivity index (χ3v) is 2.66. The second-order valence-electron chi connectivity index (χ2n) is 3.95. The maximum Gasteiger partial charge on any atom is 0.330 e. The van der Waals surface area contributed by atoms with Gasteiger partial charge in [0.1, 0.15) is 12.3 Å². The Morgan fingerprint density at radius 2 is 2.35 bits per heavy atom. The fourth-order valence-electron chi connectivity index (χ4n) is 1.73. The predicted octanol–water partition coefficient (Wildman–Crippen LogP) is -0.319. The van der Waals surface area contributed by atoms with Crippen LogP contribution in [0.1, 0.15) is 18.2 Å². The van der Waals surface area contributed by atoms with E-state index in [9.17, 15) is 9.59 Å². The van der Waals surface area contributed by atoms with Crippen LogP contribution >= 0.6 is 0 Å². The van der Waals surface area contributed by atoms with Gasteiger partial charge in [0.05, 0.1) is 6.61 Å². The molecule has 2 N–H and O–H groups in total. The summed E-state index contributed by atoms with van der Waals surface area (Å²) in [5.41, 5.74) is -0.447. The molecule has 0 radical (unpaired) electrons. The monoisotopic (exact) mass is 238 g/mol. The molecule has 6 nitrogen and oxygen atoms in total. The van der Waals surface area contributed by atoms with Crippen molar-refractivity contribution < 1.29 is 9.84 Å². The van der Waals surface area contributed by atoms with E-state index >= 15 is 0 Å². The van der Waals surface area contributed by atoms with Gasteiger partial charge in [0.2, 0.25) is 0 Å². The van der Waals surface area contributed by atoms with Crippen LogP contribution in [-0.2, 0) is 4.74 Å². The second-order valence-corrected chi connectivity index (χ2v) is 3.95. The molecule has 1 aliphatic rings. The molecule has 0 aliphatic carbocycles. The summed E-state index contributed by atoms with van der Waals surface area (Å²) in [6.07, 6.45) is 4.71. The van der Waals surface area contributed by atoms with Crippen LogP contribution in [-0.4, -0.2) is 27.4 Å². The number of nitrogens with one attached hydrogen (secondary N) is 1. The lowest BCUT2D eigenvalue weighted by molar-refractivity contribution is -0.0609. The van der Waals surface area contributed by atoms with E-state index in [1.165, 1.54) is 10.8 Å². The molecule has 0 aromatic carbocycles. The van der Waals surface area contributed by atoms with Crippen molar-refractivity contribution >= 4 is 0 Å². The molecule has 0 saturated heterocycles. The van der Waals surface area contributed by atoms with Gasteiger partial charge >= 0.3 is 5.69 Å². The topological polar surface area (TPSA) is 84.3 Å². The Balaban J connectivity index is 2.35. The quantitative estimate of drug-likeness (QED) is 0.692. The van der Waals surface area contributed by atoms with Gasteiger partial charge in [0, 0.05) is 18.2 Å². The number of aliphatic hydroxyl groups excluding tert-OH is 1. The molecular weight excluding hydrogens is 224 g/mol. The van der Waals surface area contributed by atoms with Gasteiger partial charge in [0.15, 0.2) is 0 Å². The Kier molecular flexibility index (Phi) is 3.26. The van der Waals surface area contributed by atoms with E-state index in [1.54, 1.807) is 13.0 Å². The summed E-state index contributed by atoms with van der Waals surface area (Å²) >= 11 is 0. The number of aromatic amines is 1. The Labute approximate surface area is 97.2 Å². The molecule has 0 fully saturated rings. The number of aliphatic hydroxyl groups is 1. The van der Waals surface area contributed by atoms with Crippen LogP contribution in [0.5, 0.6) is 0 Å².